The Morgan fingerprint density at radius 3 is 2.65 bits per heavy atom. The summed E-state index contributed by atoms with van der Waals surface area (Å²) in [5.74, 6) is 0.0862. The number of carbonyl (C=O) groups is 1. The van der Waals surface area contributed by atoms with Gasteiger partial charge in [-0.05, 0) is 37.4 Å². The van der Waals surface area contributed by atoms with Crippen LogP contribution in [0.1, 0.15) is 23.2 Å². The van der Waals surface area contributed by atoms with E-state index in [9.17, 15) is 14.9 Å². The van der Waals surface area contributed by atoms with E-state index in [0.29, 0.717) is 30.6 Å². The molecule has 20 heavy (non-hydrogen) atoms. The molecule has 108 valence electrons. The summed E-state index contributed by atoms with van der Waals surface area (Å²) in [6.45, 7) is 1.76. The zero-order chi connectivity index (χ0) is 14.7. The maximum Gasteiger partial charge on any atom is 0.282 e. The molecule has 0 aliphatic carbocycles. The topological polar surface area (TPSA) is 89.5 Å². The second-order valence-electron chi connectivity index (χ2n) is 4.89. The lowest BCUT2D eigenvalue weighted by Crippen LogP contribution is -2.40. The van der Waals surface area contributed by atoms with E-state index in [0.717, 1.165) is 12.8 Å². The monoisotopic (exact) mass is 297 g/mol. The SMILES string of the molecule is NCC1CCN(C(=O)c2cc(Cl)ccc2[N+](=O)[O-])CC1. The molecule has 0 spiro atoms. The van der Waals surface area contributed by atoms with Crippen molar-refractivity contribution in [3.63, 3.8) is 0 Å². The van der Waals surface area contributed by atoms with Gasteiger partial charge >= 0.3 is 0 Å². The number of hydrogen-bond donors (Lipinski definition) is 1. The normalized spacial score (nSPS) is 16.2. The Morgan fingerprint density at radius 1 is 1.45 bits per heavy atom. The standard InChI is InChI=1S/C13H16ClN3O3/c14-10-1-2-12(17(19)20)11(7-10)13(18)16-5-3-9(8-15)4-6-16/h1-2,7,9H,3-6,8,15H2. The number of nitro benzene ring substituents is 1. The quantitative estimate of drug-likeness (QED) is 0.683. The van der Waals surface area contributed by atoms with Gasteiger partial charge in [0.05, 0.1) is 4.92 Å². The van der Waals surface area contributed by atoms with Crippen molar-refractivity contribution in [3.05, 3.63) is 38.9 Å². The summed E-state index contributed by atoms with van der Waals surface area (Å²) in [6, 6.07) is 4.04. The Kier molecular flexibility index (Phi) is 4.57. The Hall–Kier alpha value is -1.66. The van der Waals surface area contributed by atoms with Gasteiger partial charge in [0.1, 0.15) is 5.56 Å². The number of halogens is 1. The molecule has 6 nitrogen and oxygen atoms in total. The predicted molar refractivity (Wildman–Crippen MR) is 75.8 cm³/mol. The minimum atomic E-state index is -0.559. The Morgan fingerprint density at radius 2 is 2.10 bits per heavy atom. The highest BCUT2D eigenvalue weighted by Gasteiger charge is 2.28. The molecule has 1 aromatic carbocycles. The van der Waals surface area contributed by atoms with Gasteiger partial charge in [-0.3, -0.25) is 14.9 Å². The summed E-state index contributed by atoms with van der Waals surface area (Å²) < 4.78 is 0. The van der Waals surface area contributed by atoms with E-state index < -0.39 is 4.92 Å². The fourth-order valence-electron chi connectivity index (χ4n) is 2.38. The van der Waals surface area contributed by atoms with Crippen molar-refractivity contribution in [2.24, 2.45) is 11.7 Å². The fraction of sp³-hybridized carbons (Fsp3) is 0.462. The first kappa shape index (κ1) is 14.7. The van der Waals surface area contributed by atoms with Crippen LogP contribution in [0.2, 0.25) is 5.02 Å². The van der Waals surface area contributed by atoms with E-state index in [2.05, 4.69) is 0 Å². The van der Waals surface area contributed by atoms with Gasteiger partial charge in [-0.25, -0.2) is 0 Å². The van der Waals surface area contributed by atoms with Crippen LogP contribution in [-0.4, -0.2) is 35.4 Å². The molecular weight excluding hydrogens is 282 g/mol. The maximum atomic E-state index is 12.4. The molecule has 0 saturated carbocycles. The van der Waals surface area contributed by atoms with Crippen LogP contribution in [0.3, 0.4) is 0 Å². The third-order valence-corrected chi connectivity index (χ3v) is 3.86. The molecule has 0 radical (unpaired) electrons. The van der Waals surface area contributed by atoms with Gasteiger partial charge in [-0.2, -0.15) is 0 Å². The summed E-state index contributed by atoms with van der Waals surface area (Å²) in [4.78, 5) is 24.5. The molecule has 0 unspecified atom stereocenters. The van der Waals surface area contributed by atoms with E-state index in [1.807, 2.05) is 0 Å². The van der Waals surface area contributed by atoms with Crippen LogP contribution in [0.4, 0.5) is 5.69 Å². The Labute approximate surface area is 121 Å². The van der Waals surface area contributed by atoms with E-state index in [1.54, 1.807) is 4.90 Å². The second-order valence-corrected chi connectivity index (χ2v) is 5.33. The minimum Gasteiger partial charge on any atom is -0.338 e. The molecular formula is C13H16ClN3O3. The molecule has 1 heterocycles. The van der Waals surface area contributed by atoms with E-state index in [-0.39, 0.29) is 17.2 Å². The zero-order valence-corrected chi connectivity index (χ0v) is 11.7. The van der Waals surface area contributed by atoms with Gasteiger partial charge in [0.15, 0.2) is 0 Å². The number of rotatable bonds is 3. The molecule has 7 heteroatoms. The van der Waals surface area contributed by atoms with Crippen LogP contribution < -0.4 is 5.73 Å². The van der Waals surface area contributed by atoms with Crippen molar-refractivity contribution >= 4 is 23.2 Å². The third kappa shape index (κ3) is 3.08. The maximum absolute atomic E-state index is 12.4. The molecule has 0 bridgehead atoms. The highest BCUT2D eigenvalue weighted by atomic mass is 35.5. The smallest absolute Gasteiger partial charge is 0.282 e. The van der Waals surface area contributed by atoms with Crippen LogP contribution in [-0.2, 0) is 0 Å². The van der Waals surface area contributed by atoms with E-state index in [4.69, 9.17) is 17.3 Å². The minimum absolute atomic E-state index is 0.0497. The average Bonchev–Trinajstić information content (AvgIpc) is 2.46. The van der Waals surface area contributed by atoms with Gasteiger partial charge < -0.3 is 10.6 Å². The molecule has 2 rings (SSSR count). The summed E-state index contributed by atoms with van der Waals surface area (Å²) in [6.07, 6.45) is 1.66. The third-order valence-electron chi connectivity index (χ3n) is 3.62. The lowest BCUT2D eigenvalue weighted by Gasteiger charge is -2.31. The number of hydrogen-bond acceptors (Lipinski definition) is 4. The van der Waals surface area contributed by atoms with Crippen molar-refractivity contribution in [2.45, 2.75) is 12.8 Å². The van der Waals surface area contributed by atoms with E-state index in [1.165, 1.54) is 18.2 Å². The number of carbonyl (C=O) groups excluding carboxylic acids is 1. The number of piperidine rings is 1. The number of nitro groups is 1. The number of nitrogens with two attached hydrogens (primary N) is 1. The van der Waals surface area contributed by atoms with Crippen molar-refractivity contribution in [2.75, 3.05) is 19.6 Å². The fourth-order valence-corrected chi connectivity index (χ4v) is 2.55. The summed E-state index contributed by atoms with van der Waals surface area (Å²) in [7, 11) is 0. The lowest BCUT2D eigenvalue weighted by atomic mass is 9.96. The van der Waals surface area contributed by atoms with E-state index >= 15 is 0 Å². The van der Waals surface area contributed by atoms with Crippen LogP contribution in [0.15, 0.2) is 18.2 Å². The number of likely N-dealkylation sites (tertiary alicyclic amines) is 1. The average molecular weight is 298 g/mol. The molecule has 1 fully saturated rings. The Balaban J connectivity index is 2.21. The second kappa shape index (κ2) is 6.19. The molecule has 1 aliphatic rings. The van der Waals surface area contributed by atoms with Crippen LogP contribution >= 0.6 is 11.6 Å². The zero-order valence-electron chi connectivity index (χ0n) is 10.9. The van der Waals surface area contributed by atoms with Crippen LogP contribution in [0, 0.1) is 16.0 Å². The van der Waals surface area contributed by atoms with Crippen molar-refractivity contribution < 1.29 is 9.72 Å². The van der Waals surface area contributed by atoms with Crippen molar-refractivity contribution in [1.82, 2.24) is 4.90 Å². The van der Waals surface area contributed by atoms with Crippen molar-refractivity contribution in [3.8, 4) is 0 Å². The van der Waals surface area contributed by atoms with Crippen molar-refractivity contribution in [1.29, 1.82) is 0 Å². The number of amides is 1. The molecule has 0 atom stereocenters. The first-order valence-electron chi connectivity index (χ1n) is 6.46. The molecule has 1 amide bonds. The van der Waals surface area contributed by atoms with Gasteiger partial charge in [0.2, 0.25) is 0 Å². The molecule has 1 aromatic rings. The number of nitrogens with zero attached hydrogens (tertiary/aromatic N) is 2. The summed E-state index contributed by atoms with van der Waals surface area (Å²) in [5.41, 5.74) is 5.45. The molecule has 0 aromatic heterocycles. The van der Waals surface area contributed by atoms with Gasteiger partial charge in [-0.15, -0.1) is 0 Å². The number of benzene rings is 1. The molecule has 1 aliphatic heterocycles. The van der Waals surface area contributed by atoms with Gasteiger partial charge in [0, 0.05) is 24.2 Å². The largest absolute Gasteiger partial charge is 0.338 e. The molecule has 2 N–H and O–H groups in total. The Bertz CT molecular complexity index is 528. The highest BCUT2D eigenvalue weighted by molar-refractivity contribution is 6.31. The van der Waals surface area contributed by atoms with Crippen LogP contribution in [0.5, 0.6) is 0 Å². The lowest BCUT2D eigenvalue weighted by molar-refractivity contribution is -0.385. The first-order valence-corrected chi connectivity index (χ1v) is 6.84. The highest BCUT2D eigenvalue weighted by Crippen LogP contribution is 2.26. The van der Waals surface area contributed by atoms with Crippen LogP contribution in [0.25, 0.3) is 0 Å². The summed E-state index contributed by atoms with van der Waals surface area (Å²) >= 11 is 5.84. The summed E-state index contributed by atoms with van der Waals surface area (Å²) in [5, 5.41) is 11.3. The van der Waals surface area contributed by atoms with Gasteiger partial charge in [0.25, 0.3) is 11.6 Å². The van der Waals surface area contributed by atoms with Gasteiger partial charge in [-0.1, -0.05) is 11.6 Å². The predicted octanol–water partition coefficient (Wildman–Crippen LogP) is 2.06. The first-order chi connectivity index (χ1) is 9.52. The molecule has 1 saturated heterocycles.